The van der Waals surface area contributed by atoms with Gasteiger partial charge in [-0.25, -0.2) is 0 Å². The maximum absolute atomic E-state index is 9.81. The van der Waals surface area contributed by atoms with Crippen molar-refractivity contribution in [2.24, 2.45) is 0 Å². The van der Waals surface area contributed by atoms with Gasteiger partial charge in [-0.1, -0.05) is 29.8 Å². The molecule has 2 aromatic rings. The number of anilines is 1. The SMILES string of the molecule is Nc1ccccc1OCC(O)COc1cccc(Cl)c1. The van der Waals surface area contributed by atoms with Crippen molar-refractivity contribution >= 4 is 17.3 Å². The van der Waals surface area contributed by atoms with Crippen LogP contribution in [0.3, 0.4) is 0 Å². The molecule has 0 aromatic heterocycles. The van der Waals surface area contributed by atoms with Crippen LogP contribution in [0.1, 0.15) is 0 Å². The summed E-state index contributed by atoms with van der Waals surface area (Å²) in [7, 11) is 0. The Balaban J connectivity index is 1.78. The van der Waals surface area contributed by atoms with E-state index in [1.54, 1.807) is 36.4 Å². The molecular weight excluding hydrogens is 278 g/mol. The highest BCUT2D eigenvalue weighted by atomic mass is 35.5. The van der Waals surface area contributed by atoms with E-state index in [4.69, 9.17) is 26.8 Å². The molecule has 0 aliphatic carbocycles. The number of benzene rings is 2. The van der Waals surface area contributed by atoms with Crippen molar-refractivity contribution in [3.63, 3.8) is 0 Å². The lowest BCUT2D eigenvalue weighted by Gasteiger charge is -2.14. The molecule has 0 spiro atoms. The number of para-hydroxylation sites is 2. The number of aliphatic hydroxyl groups is 1. The van der Waals surface area contributed by atoms with Gasteiger partial charge in [-0.3, -0.25) is 0 Å². The number of halogens is 1. The molecule has 0 aliphatic rings. The third kappa shape index (κ3) is 4.33. The minimum absolute atomic E-state index is 0.106. The highest BCUT2D eigenvalue weighted by Gasteiger charge is 2.08. The zero-order valence-corrected chi connectivity index (χ0v) is 11.6. The van der Waals surface area contributed by atoms with E-state index in [-0.39, 0.29) is 13.2 Å². The average molecular weight is 294 g/mol. The Morgan fingerprint density at radius 2 is 1.80 bits per heavy atom. The molecular formula is C15H16ClNO3. The zero-order chi connectivity index (χ0) is 14.4. The lowest BCUT2D eigenvalue weighted by Crippen LogP contribution is -2.25. The van der Waals surface area contributed by atoms with Gasteiger partial charge in [0.2, 0.25) is 0 Å². The van der Waals surface area contributed by atoms with Crippen molar-refractivity contribution in [1.29, 1.82) is 0 Å². The molecule has 0 radical (unpaired) electrons. The summed E-state index contributed by atoms with van der Waals surface area (Å²) in [4.78, 5) is 0. The molecule has 1 atom stereocenters. The maximum Gasteiger partial charge on any atom is 0.142 e. The van der Waals surface area contributed by atoms with Crippen LogP contribution in [0.15, 0.2) is 48.5 Å². The number of hydrogen-bond acceptors (Lipinski definition) is 4. The number of aliphatic hydroxyl groups excluding tert-OH is 1. The van der Waals surface area contributed by atoms with Crippen LogP contribution in [0, 0.1) is 0 Å². The Morgan fingerprint density at radius 1 is 1.05 bits per heavy atom. The molecule has 0 heterocycles. The minimum atomic E-state index is -0.756. The average Bonchev–Trinajstić information content (AvgIpc) is 2.44. The van der Waals surface area contributed by atoms with Crippen LogP contribution >= 0.6 is 11.6 Å². The predicted molar refractivity (Wildman–Crippen MR) is 79.3 cm³/mol. The van der Waals surface area contributed by atoms with Crippen molar-refractivity contribution in [3.8, 4) is 11.5 Å². The van der Waals surface area contributed by atoms with Gasteiger partial charge in [0.05, 0.1) is 5.69 Å². The molecule has 2 rings (SSSR count). The Hall–Kier alpha value is -1.91. The number of hydrogen-bond donors (Lipinski definition) is 2. The van der Waals surface area contributed by atoms with Crippen LogP contribution in [0.2, 0.25) is 5.02 Å². The topological polar surface area (TPSA) is 64.7 Å². The van der Waals surface area contributed by atoms with Crippen LogP contribution in [-0.4, -0.2) is 24.4 Å². The van der Waals surface area contributed by atoms with Gasteiger partial charge in [0, 0.05) is 5.02 Å². The van der Waals surface area contributed by atoms with Gasteiger partial charge in [0.1, 0.15) is 30.8 Å². The first-order valence-corrected chi connectivity index (χ1v) is 6.56. The lowest BCUT2D eigenvalue weighted by molar-refractivity contribution is 0.0629. The standard InChI is InChI=1S/C15H16ClNO3/c16-11-4-3-5-13(8-11)19-9-12(18)10-20-15-7-2-1-6-14(15)17/h1-8,12,18H,9-10,17H2. The number of nitrogens with two attached hydrogens (primary N) is 1. The van der Waals surface area contributed by atoms with Crippen molar-refractivity contribution in [3.05, 3.63) is 53.6 Å². The van der Waals surface area contributed by atoms with Gasteiger partial charge < -0.3 is 20.3 Å². The van der Waals surface area contributed by atoms with E-state index in [2.05, 4.69) is 0 Å². The summed E-state index contributed by atoms with van der Waals surface area (Å²) >= 11 is 5.84. The fraction of sp³-hybridized carbons (Fsp3) is 0.200. The van der Waals surface area contributed by atoms with E-state index in [0.29, 0.717) is 22.2 Å². The summed E-state index contributed by atoms with van der Waals surface area (Å²) in [6, 6.07) is 14.1. The second kappa shape index (κ2) is 7.03. The van der Waals surface area contributed by atoms with Crippen molar-refractivity contribution < 1.29 is 14.6 Å². The first-order valence-electron chi connectivity index (χ1n) is 6.19. The third-order valence-electron chi connectivity index (χ3n) is 2.59. The van der Waals surface area contributed by atoms with Gasteiger partial charge in [-0.05, 0) is 30.3 Å². The minimum Gasteiger partial charge on any atom is -0.491 e. The summed E-state index contributed by atoms with van der Waals surface area (Å²) in [6.07, 6.45) is -0.756. The largest absolute Gasteiger partial charge is 0.491 e. The van der Waals surface area contributed by atoms with E-state index < -0.39 is 6.10 Å². The van der Waals surface area contributed by atoms with E-state index in [0.717, 1.165) is 0 Å². The number of ether oxygens (including phenoxy) is 2. The molecule has 0 fully saturated rings. The Bertz CT molecular complexity index is 562. The van der Waals surface area contributed by atoms with Crippen LogP contribution in [-0.2, 0) is 0 Å². The van der Waals surface area contributed by atoms with E-state index in [1.807, 2.05) is 12.1 Å². The Morgan fingerprint density at radius 3 is 2.55 bits per heavy atom. The molecule has 3 N–H and O–H groups in total. The number of nitrogen functional groups attached to an aromatic ring is 1. The van der Waals surface area contributed by atoms with Gasteiger partial charge in [-0.15, -0.1) is 0 Å². The quantitative estimate of drug-likeness (QED) is 0.804. The molecule has 4 nitrogen and oxygen atoms in total. The normalized spacial score (nSPS) is 11.9. The first kappa shape index (κ1) is 14.5. The van der Waals surface area contributed by atoms with Crippen LogP contribution in [0.5, 0.6) is 11.5 Å². The van der Waals surface area contributed by atoms with Gasteiger partial charge in [0.25, 0.3) is 0 Å². The Labute approximate surface area is 122 Å². The maximum atomic E-state index is 9.81. The van der Waals surface area contributed by atoms with E-state index in [1.165, 1.54) is 0 Å². The van der Waals surface area contributed by atoms with Crippen LogP contribution < -0.4 is 15.2 Å². The van der Waals surface area contributed by atoms with Gasteiger partial charge >= 0.3 is 0 Å². The molecule has 5 heteroatoms. The second-order valence-corrected chi connectivity index (χ2v) is 4.71. The summed E-state index contributed by atoms with van der Waals surface area (Å²) in [5, 5.41) is 10.4. The second-order valence-electron chi connectivity index (χ2n) is 4.27. The smallest absolute Gasteiger partial charge is 0.142 e. The summed E-state index contributed by atoms with van der Waals surface area (Å²) in [5.41, 5.74) is 6.27. The van der Waals surface area contributed by atoms with Crippen molar-refractivity contribution in [2.75, 3.05) is 18.9 Å². The molecule has 0 aliphatic heterocycles. The van der Waals surface area contributed by atoms with Crippen molar-refractivity contribution in [1.82, 2.24) is 0 Å². The fourth-order valence-corrected chi connectivity index (χ4v) is 1.78. The molecule has 2 aromatic carbocycles. The number of rotatable bonds is 6. The molecule has 0 saturated carbocycles. The highest BCUT2D eigenvalue weighted by molar-refractivity contribution is 6.30. The predicted octanol–water partition coefficient (Wildman–Crippen LogP) is 2.74. The zero-order valence-electron chi connectivity index (χ0n) is 10.8. The molecule has 20 heavy (non-hydrogen) atoms. The van der Waals surface area contributed by atoms with Gasteiger partial charge in [-0.2, -0.15) is 0 Å². The lowest BCUT2D eigenvalue weighted by atomic mass is 10.3. The van der Waals surface area contributed by atoms with E-state index in [9.17, 15) is 5.11 Å². The summed E-state index contributed by atoms with van der Waals surface area (Å²) in [5.74, 6) is 1.16. The molecule has 0 amide bonds. The molecule has 1 unspecified atom stereocenters. The van der Waals surface area contributed by atoms with E-state index >= 15 is 0 Å². The fourth-order valence-electron chi connectivity index (χ4n) is 1.60. The highest BCUT2D eigenvalue weighted by Crippen LogP contribution is 2.20. The van der Waals surface area contributed by atoms with Crippen LogP contribution in [0.4, 0.5) is 5.69 Å². The third-order valence-corrected chi connectivity index (χ3v) is 2.82. The monoisotopic (exact) mass is 293 g/mol. The molecule has 0 bridgehead atoms. The van der Waals surface area contributed by atoms with Crippen LogP contribution in [0.25, 0.3) is 0 Å². The summed E-state index contributed by atoms with van der Waals surface area (Å²) in [6.45, 7) is 0.224. The Kier molecular flexibility index (Phi) is 5.09. The molecule has 0 saturated heterocycles. The van der Waals surface area contributed by atoms with Gasteiger partial charge in [0.15, 0.2) is 0 Å². The van der Waals surface area contributed by atoms with Crippen molar-refractivity contribution in [2.45, 2.75) is 6.10 Å². The molecule has 106 valence electrons. The summed E-state index contributed by atoms with van der Waals surface area (Å²) < 4.78 is 10.9. The first-order chi connectivity index (χ1) is 9.65.